The molecule has 0 aromatic carbocycles. The van der Waals surface area contributed by atoms with Gasteiger partial charge in [0.05, 0.1) is 25.2 Å². The van der Waals surface area contributed by atoms with Crippen LogP contribution >= 0.6 is 0 Å². The maximum Gasteiger partial charge on any atom is 0.306 e. The van der Waals surface area contributed by atoms with Crippen molar-refractivity contribution in [2.75, 3.05) is 6.61 Å². The number of ether oxygens (including phenoxy) is 1. The Kier molecular flexibility index (Phi) is 50.1. The molecule has 65 heavy (non-hydrogen) atoms. The van der Waals surface area contributed by atoms with Gasteiger partial charge in [-0.15, -0.1) is 0 Å². The van der Waals surface area contributed by atoms with Gasteiger partial charge in [-0.3, -0.25) is 9.59 Å². The van der Waals surface area contributed by atoms with Crippen LogP contribution in [0.1, 0.15) is 265 Å². The maximum atomic E-state index is 13.2. The molecule has 0 saturated heterocycles. The SMILES string of the molecule is CCCCC/C=C/C=C/C=C/C=C/CCCCCC(CC(=O)NC(CO)C(O)CCCCCCCCCCCCCCCCCCC)OC(=O)CC/C=C/C/C=C\CCCCCCCC. The van der Waals surface area contributed by atoms with E-state index in [1.54, 1.807) is 0 Å². The summed E-state index contributed by atoms with van der Waals surface area (Å²) in [5, 5.41) is 23.8. The van der Waals surface area contributed by atoms with Crippen LogP contribution in [0, 0.1) is 0 Å². The van der Waals surface area contributed by atoms with Gasteiger partial charge in [-0.05, 0) is 70.6 Å². The first-order chi connectivity index (χ1) is 32.0. The van der Waals surface area contributed by atoms with Gasteiger partial charge in [0.15, 0.2) is 0 Å². The van der Waals surface area contributed by atoms with Crippen molar-refractivity contribution in [3.63, 3.8) is 0 Å². The van der Waals surface area contributed by atoms with Crippen LogP contribution in [0.4, 0.5) is 0 Å². The van der Waals surface area contributed by atoms with E-state index in [0.29, 0.717) is 19.3 Å². The molecular formula is C59H105NO5. The molecule has 6 nitrogen and oxygen atoms in total. The number of carbonyl (C=O) groups is 2. The number of aliphatic hydroxyl groups is 2. The van der Waals surface area contributed by atoms with E-state index in [1.807, 2.05) is 12.2 Å². The molecule has 0 radical (unpaired) electrons. The summed E-state index contributed by atoms with van der Waals surface area (Å²) < 4.78 is 5.89. The Balaban J connectivity index is 4.67. The summed E-state index contributed by atoms with van der Waals surface area (Å²) in [6.07, 6.45) is 66.9. The summed E-state index contributed by atoms with van der Waals surface area (Å²) in [5.74, 6) is -0.592. The molecule has 3 atom stereocenters. The summed E-state index contributed by atoms with van der Waals surface area (Å²) in [5.41, 5.74) is 0. The van der Waals surface area contributed by atoms with Gasteiger partial charge in [0.1, 0.15) is 6.10 Å². The van der Waals surface area contributed by atoms with Crippen LogP contribution in [0.3, 0.4) is 0 Å². The van der Waals surface area contributed by atoms with E-state index in [-0.39, 0.29) is 31.3 Å². The summed E-state index contributed by atoms with van der Waals surface area (Å²) >= 11 is 0. The number of carbonyl (C=O) groups excluding carboxylic acids is 2. The lowest BCUT2D eigenvalue weighted by Gasteiger charge is -2.24. The predicted molar refractivity (Wildman–Crippen MR) is 282 cm³/mol. The lowest BCUT2D eigenvalue weighted by Crippen LogP contribution is -2.46. The number of allylic oxidation sites excluding steroid dienone is 12. The molecule has 6 heteroatoms. The predicted octanol–water partition coefficient (Wildman–Crippen LogP) is 17.0. The Morgan fingerprint density at radius 3 is 1.35 bits per heavy atom. The molecule has 0 rings (SSSR count). The van der Waals surface area contributed by atoms with Crippen LogP contribution in [-0.4, -0.2) is 46.9 Å². The number of esters is 1. The Morgan fingerprint density at radius 1 is 0.462 bits per heavy atom. The molecule has 3 unspecified atom stereocenters. The van der Waals surface area contributed by atoms with Crippen molar-refractivity contribution in [2.45, 2.75) is 283 Å². The number of nitrogens with one attached hydrogen (secondary N) is 1. The highest BCUT2D eigenvalue weighted by Gasteiger charge is 2.24. The lowest BCUT2D eigenvalue weighted by atomic mass is 10.0. The second kappa shape index (κ2) is 52.3. The Hall–Kier alpha value is -2.70. The molecule has 0 saturated carbocycles. The van der Waals surface area contributed by atoms with E-state index < -0.39 is 18.2 Å². The first-order valence-corrected chi connectivity index (χ1v) is 27.7. The fourth-order valence-electron chi connectivity index (χ4n) is 8.14. The Bertz CT molecular complexity index is 1200. The largest absolute Gasteiger partial charge is 0.462 e. The van der Waals surface area contributed by atoms with Crippen molar-refractivity contribution in [3.8, 4) is 0 Å². The van der Waals surface area contributed by atoms with Crippen LogP contribution in [0.25, 0.3) is 0 Å². The van der Waals surface area contributed by atoms with E-state index in [1.165, 1.54) is 148 Å². The number of hydrogen-bond acceptors (Lipinski definition) is 5. The van der Waals surface area contributed by atoms with E-state index in [4.69, 9.17) is 4.74 Å². The smallest absolute Gasteiger partial charge is 0.306 e. The molecule has 0 heterocycles. The van der Waals surface area contributed by atoms with Gasteiger partial charge in [-0.1, -0.05) is 254 Å². The van der Waals surface area contributed by atoms with Crippen LogP contribution < -0.4 is 5.32 Å². The lowest BCUT2D eigenvalue weighted by molar-refractivity contribution is -0.150. The van der Waals surface area contributed by atoms with Crippen LogP contribution in [0.5, 0.6) is 0 Å². The monoisotopic (exact) mass is 908 g/mol. The van der Waals surface area contributed by atoms with Crippen molar-refractivity contribution < 1.29 is 24.5 Å². The van der Waals surface area contributed by atoms with E-state index in [2.05, 4.69) is 86.8 Å². The van der Waals surface area contributed by atoms with Crippen molar-refractivity contribution in [1.29, 1.82) is 0 Å². The average molecular weight is 908 g/mol. The van der Waals surface area contributed by atoms with Gasteiger partial charge >= 0.3 is 5.97 Å². The van der Waals surface area contributed by atoms with Crippen LogP contribution in [0.2, 0.25) is 0 Å². The Labute approximate surface area is 402 Å². The summed E-state index contributed by atoms with van der Waals surface area (Å²) in [7, 11) is 0. The van der Waals surface area contributed by atoms with Crippen LogP contribution in [0.15, 0.2) is 72.9 Å². The molecular weight excluding hydrogens is 803 g/mol. The topological polar surface area (TPSA) is 95.9 Å². The molecule has 1 amide bonds. The number of unbranched alkanes of at least 4 members (excludes halogenated alkanes) is 28. The minimum Gasteiger partial charge on any atom is -0.462 e. The molecule has 0 aromatic heterocycles. The molecule has 0 aliphatic heterocycles. The molecule has 0 aromatic rings. The molecule has 3 N–H and O–H groups in total. The Morgan fingerprint density at radius 2 is 0.846 bits per heavy atom. The van der Waals surface area contributed by atoms with Gasteiger partial charge < -0.3 is 20.3 Å². The quantitative estimate of drug-likeness (QED) is 0.0245. The van der Waals surface area contributed by atoms with E-state index in [0.717, 1.165) is 64.2 Å². The van der Waals surface area contributed by atoms with Gasteiger partial charge in [0.25, 0.3) is 0 Å². The van der Waals surface area contributed by atoms with Gasteiger partial charge in [0, 0.05) is 6.42 Å². The zero-order chi connectivity index (χ0) is 47.4. The van der Waals surface area contributed by atoms with Crippen LogP contribution in [-0.2, 0) is 14.3 Å². The van der Waals surface area contributed by atoms with Gasteiger partial charge in [-0.25, -0.2) is 0 Å². The van der Waals surface area contributed by atoms with Crippen molar-refractivity contribution in [3.05, 3.63) is 72.9 Å². The third kappa shape index (κ3) is 47.6. The molecule has 0 aliphatic rings. The standard InChI is InChI=1S/C59H105NO5/c1-4-7-10-13-16-19-22-25-27-29-31-34-36-39-42-45-48-51-57(62)56(54-61)60-58(63)53-55(50-47-44-41-38-35-33-30-28-26-23-20-17-14-11-8-5-2)65-59(64)52-49-46-43-40-37-32-24-21-18-15-12-9-6-3/h17,20,23,26,28,30,32-33,35,37,43,46,55-57,61-62H,4-16,18-19,21-22,24-25,27,29,31,34,36,38-42,44-45,47-54H2,1-3H3,(H,60,63)/b20-17+,26-23+,30-28+,35-33+,37-32-,46-43+. The second-order valence-electron chi connectivity index (χ2n) is 18.7. The fourth-order valence-corrected chi connectivity index (χ4v) is 8.14. The van der Waals surface area contributed by atoms with Crippen molar-refractivity contribution >= 4 is 11.9 Å². The zero-order valence-corrected chi connectivity index (χ0v) is 42.9. The summed E-state index contributed by atoms with van der Waals surface area (Å²) in [4.78, 5) is 26.2. The fraction of sp³-hybridized carbons (Fsp3) is 0.763. The molecule has 376 valence electrons. The van der Waals surface area contributed by atoms with Gasteiger partial charge in [-0.2, -0.15) is 0 Å². The third-order valence-electron chi connectivity index (χ3n) is 12.4. The molecule has 0 spiro atoms. The highest BCUT2D eigenvalue weighted by Crippen LogP contribution is 2.17. The molecule has 0 fully saturated rings. The maximum absolute atomic E-state index is 13.2. The number of hydrogen-bond donors (Lipinski definition) is 3. The summed E-state index contributed by atoms with van der Waals surface area (Å²) in [6, 6.07) is -0.728. The number of rotatable bonds is 49. The average Bonchev–Trinajstić information content (AvgIpc) is 3.30. The van der Waals surface area contributed by atoms with Crippen molar-refractivity contribution in [2.24, 2.45) is 0 Å². The van der Waals surface area contributed by atoms with Gasteiger partial charge in [0.2, 0.25) is 5.91 Å². The molecule has 0 bridgehead atoms. The second-order valence-corrected chi connectivity index (χ2v) is 18.7. The van der Waals surface area contributed by atoms with E-state index in [9.17, 15) is 19.8 Å². The highest BCUT2D eigenvalue weighted by molar-refractivity contribution is 5.77. The highest BCUT2D eigenvalue weighted by atomic mass is 16.5. The minimum absolute atomic E-state index is 0.0272. The minimum atomic E-state index is -0.811. The summed E-state index contributed by atoms with van der Waals surface area (Å²) in [6.45, 7) is 6.43. The molecule has 0 aliphatic carbocycles. The van der Waals surface area contributed by atoms with E-state index >= 15 is 0 Å². The number of aliphatic hydroxyl groups excluding tert-OH is 2. The first kappa shape index (κ1) is 62.3. The zero-order valence-electron chi connectivity index (χ0n) is 42.9. The first-order valence-electron chi connectivity index (χ1n) is 27.7. The number of amides is 1. The normalized spacial score (nSPS) is 13.7. The third-order valence-corrected chi connectivity index (χ3v) is 12.4. The van der Waals surface area contributed by atoms with Crippen molar-refractivity contribution in [1.82, 2.24) is 5.32 Å².